The SMILES string of the molecule is CC1CN(C(N)=N[C@@H]2C[C@H]2c2ccc(Br)cc2)CCO1. The molecule has 1 saturated heterocycles. The second-order valence-corrected chi connectivity index (χ2v) is 6.49. The van der Waals surface area contributed by atoms with Crippen LogP contribution in [0.2, 0.25) is 0 Å². The molecule has 5 heteroatoms. The Morgan fingerprint density at radius 3 is 2.85 bits per heavy atom. The summed E-state index contributed by atoms with van der Waals surface area (Å²) in [6, 6.07) is 8.84. The molecule has 2 aliphatic rings. The second kappa shape index (κ2) is 5.74. The average molecular weight is 338 g/mol. The van der Waals surface area contributed by atoms with Gasteiger partial charge in [0.2, 0.25) is 0 Å². The fourth-order valence-electron chi connectivity index (χ4n) is 2.67. The lowest BCUT2D eigenvalue weighted by Gasteiger charge is -2.31. The summed E-state index contributed by atoms with van der Waals surface area (Å²) in [7, 11) is 0. The third-order valence-corrected chi connectivity index (χ3v) is 4.45. The molecule has 2 N–H and O–H groups in total. The molecule has 0 radical (unpaired) electrons. The molecule has 1 heterocycles. The minimum Gasteiger partial charge on any atom is -0.375 e. The van der Waals surface area contributed by atoms with Crippen molar-refractivity contribution in [2.75, 3.05) is 19.7 Å². The Labute approximate surface area is 128 Å². The monoisotopic (exact) mass is 337 g/mol. The lowest BCUT2D eigenvalue weighted by molar-refractivity contribution is 0.00528. The Morgan fingerprint density at radius 1 is 1.40 bits per heavy atom. The van der Waals surface area contributed by atoms with Gasteiger partial charge in [0, 0.05) is 23.5 Å². The highest BCUT2D eigenvalue weighted by atomic mass is 79.9. The summed E-state index contributed by atoms with van der Waals surface area (Å²) in [4.78, 5) is 6.81. The van der Waals surface area contributed by atoms with Gasteiger partial charge in [-0.3, -0.25) is 0 Å². The van der Waals surface area contributed by atoms with Crippen molar-refractivity contribution in [2.24, 2.45) is 10.7 Å². The van der Waals surface area contributed by atoms with Crippen LogP contribution in [0.25, 0.3) is 0 Å². The summed E-state index contributed by atoms with van der Waals surface area (Å²) in [6.07, 6.45) is 1.33. The van der Waals surface area contributed by atoms with Crippen molar-refractivity contribution in [3.8, 4) is 0 Å². The van der Waals surface area contributed by atoms with E-state index in [4.69, 9.17) is 10.5 Å². The van der Waals surface area contributed by atoms with Gasteiger partial charge in [-0.25, -0.2) is 4.99 Å². The molecule has 1 aromatic rings. The van der Waals surface area contributed by atoms with Crippen LogP contribution >= 0.6 is 15.9 Å². The van der Waals surface area contributed by atoms with E-state index in [1.807, 2.05) is 0 Å². The smallest absolute Gasteiger partial charge is 0.191 e. The largest absolute Gasteiger partial charge is 0.375 e. The molecule has 1 aliphatic carbocycles. The first-order valence-corrected chi connectivity index (χ1v) is 7.88. The number of hydrogen-bond acceptors (Lipinski definition) is 2. The number of aliphatic imine (C=N–C) groups is 1. The Hall–Kier alpha value is -1.07. The molecule has 3 rings (SSSR count). The fourth-order valence-corrected chi connectivity index (χ4v) is 2.93. The lowest BCUT2D eigenvalue weighted by atomic mass is 10.1. The number of rotatable bonds is 2. The van der Waals surface area contributed by atoms with Gasteiger partial charge in [-0.05, 0) is 31.0 Å². The van der Waals surface area contributed by atoms with Crippen LogP contribution in [-0.2, 0) is 4.74 Å². The molecule has 2 fully saturated rings. The molecule has 0 aromatic heterocycles. The van der Waals surface area contributed by atoms with E-state index in [0.717, 1.165) is 30.6 Å². The number of morpholine rings is 1. The van der Waals surface area contributed by atoms with E-state index in [1.54, 1.807) is 0 Å². The molecule has 0 bridgehead atoms. The zero-order chi connectivity index (χ0) is 14.1. The number of ether oxygens (including phenoxy) is 1. The van der Waals surface area contributed by atoms with E-state index >= 15 is 0 Å². The van der Waals surface area contributed by atoms with Crippen molar-refractivity contribution in [2.45, 2.75) is 31.4 Å². The minimum atomic E-state index is 0.235. The maximum Gasteiger partial charge on any atom is 0.191 e. The van der Waals surface area contributed by atoms with Crippen molar-refractivity contribution in [1.82, 2.24) is 4.90 Å². The number of guanidine groups is 1. The Bertz CT molecular complexity index is 502. The lowest BCUT2D eigenvalue weighted by Crippen LogP contribution is -2.48. The normalized spacial score (nSPS) is 30.4. The van der Waals surface area contributed by atoms with Crippen LogP contribution < -0.4 is 5.73 Å². The maximum atomic E-state index is 6.13. The number of nitrogens with two attached hydrogens (primary N) is 1. The van der Waals surface area contributed by atoms with Crippen LogP contribution in [0.5, 0.6) is 0 Å². The molecular weight excluding hydrogens is 318 g/mol. The Balaban J connectivity index is 1.61. The minimum absolute atomic E-state index is 0.235. The highest BCUT2D eigenvalue weighted by Gasteiger charge is 2.39. The van der Waals surface area contributed by atoms with Crippen LogP contribution in [0.15, 0.2) is 33.7 Å². The molecule has 4 nitrogen and oxygen atoms in total. The van der Waals surface area contributed by atoms with Gasteiger partial charge in [0.1, 0.15) is 0 Å². The second-order valence-electron chi connectivity index (χ2n) is 5.58. The van der Waals surface area contributed by atoms with E-state index in [1.165, 1.54) is 5.56 Å². The van der Waals surface area contributed by atoms with Gasteiger partial charge < -0.3 is 15.4 Å². The Morgan fingerprint density at radius 2 is 2.15 bits per heavy atom. The van der Waals surface area contributed by atoms with E-state index in [2.05, 4.69) is 57.0 Å². The van der Waals surface area contributed by atoms with E-state index < -0.39 is 0 Å². The standard InChI is InChI=1S/C15H20BrN3O/c1-10-9-19(6-7-20-10)15(17)18-14-8-13(14)11-2-4-12(16)5-3-11/h2-5,10,13-14H,6-9H2,1H3,(H2,17,18)/t10?,13-,14+/m0/s1. The molecule has 0 amide bonds. The van der Waals surface area contributed by atoms with Crippen LogP contribution in [0.4, 0.5) is 0 Å². The first-order chi connectivity index (χ1) is 9.63. The summed E-state index contributed by atoms with van der Waals surface area (Å²) < 4.78 is 6.64. The third-order valence-electron chi connectivity index (χ3n) is 3.92. The number of benzene rings is 1. The molecule has 20 heavy (non-hydrogen) atoms. The molecule has 108 valence electrons. The quantitative estimate of drug-likeness (QED) is 0.665. The molecule has 1 saturated carbocycles. The van der Waals surface area contributed by atoms with Crippen LogP contribution in [-0.4, -0.2) is 42.7 Å². The summed E-state index contributed by atoms with van der Waals surface area (Å²) in [5.41, 5.74) is 7.48. The average Bonchev–Trinajstić information content (AvgIpc) is 3.19. The zero-order valence-corrected chi connectivity index (χ0v) is 13.2. The van der Waals surface area contributed by atoms with Crippen LogP contribution in [0.3, 0.4) is 0 Å². The summed E-state index contributed by atoms with van der Waals surface area (Å²) in [6.45, 7) is 4.49. The third kappa shape index (κ3) is 3.15. The molecule has 1 aromatic carbocycles. The summed E-state index contributed by atoms with van der Waals surface area (Å²) in [5.74, 6) is 1.20. The van der Waals surface area contributed by atoms with Gasteiger partial charge in [-0.1, -0.05) is 28.1 Å². The van der Waals surface area contributed by atoms with E-state index in [0.29, 0.717) is 17.9 Å². The summed E-state index contributed by atoms with van der Waals surface area (Å²) >= 11 is 3.46. The molecular formula is C15H20BrN3O. The number of halogens is 1. The number of hydrogen-bond donors (Lipinski definition) is 1. The van der Waals surface area contributed by atoms with Gasteiger partial charge in [0.25, 0.3) is 0 Å². The van der Waals surface area contributed by atoms with Crippen molar-refractivity contribution in [1.29, 1.82) is 0 Å². The van der Waals surface area contributed by atoms with E-state index in [9.17, 15) is 0 Å². The van der Waals surface area contributed by atoms with Crippen LogP contribution in [0, 0.1) is 0 Å². The zero-order valence-electron chi connectivity index (χ0n) is 11.6. The molecule has 1 unspecified atom stereocenters. The van der Waals surface area contributed by atoms with Crippen molar-refractivity contribution in [3.05, 3.63) is 34.3 Å². The molecule has 1 aliphatic heterocycles. The maximum absolute atomic E-state index is 6.13. The first kappa shape index (κ1) is 13.9. The van der Waals surface area contributed by atoms with Crippen molar-refractivity contribution >= 4 is 21.9 Å². The highest BCUT2D eigenvalue weighted by molar-refractivity contribution is 9.10. The van der Waals surface area contributed by atoms with Gasteiger partial charge >= 0.3 is 0 Å². The predicted molar refractivity (Wildman–Crippen MR) is 83.9 cm³/mol. The summed E-state index contributed by atoms with van der Waals surface area (Å²) in [5, 5.41) is 0. The van der Waals surface area contributed by atoms with Gasteiger partial charge in [0.05, 0.1) is 18.8 Å². The molecule has 0 spiro atoms. The van der Waals surface area contributed by atoms with E-state index in [-0.39, 0.29) is 6.10 Å². The highest BCUT2D eigenvalue weighted by Crippen LogP contribution is 2.43. The van der Waals surface area contributed by atoms with Crippen molar-refractivity contribution < 1.29 is 4.74 Å². The van der Waals surface area contributed by atoms with Crippen LogP contribution in [0.1, 0.15) is 24.8 Å². The molecule has 3 atom stereocenters. The Kier molecular flexibility index (Phi) is 3.98. The predicted octanol–water partition coefficient (Wildman–Crippen LogP) is 2.34. The fraction of sp³-hybridized carbons (Fsp3) is 0.533. The van der Waals surface area contributed by atoms with Gasteiger partial charge in [0.15, 0.2) is 5.96 Å². The first-order valence-electron chi connectivity index (χ1n) is 7.09. The topological polar surface area (TPSA) is 50.8 Å². The number of nitrogens with zero attached hydrogens (tertiary/aromatic N) is 2. The van der Waals surface area contributed by atoms with Gasteiger partial charge in [-0.2, -0.15) is 0 Å². The van der Waals surface area contributed by atoms with Gasteiger partial charge in [-0.15, -0.1) is 0 Å². The van der Waals surface area contributed by atoms with Crippen molar-refractivity contribution in [3.63, 3.8) is 0 Å².